The Kier molecular flexibility index (Phi) is 10.3. The van der Waals surface area contributed by atoms with Crippen LogP contribution >= 0.6 is 0 Å². The Morgan fingerprint density at radius 3 is 1.94 bits per heavy atom. The van der Waals surface area contributed by atoms with Gasteiger partial charge in [-0.05, 0) is 19.3 Å². The Labute approximate surface area is 102 Å². The molecule has 0 spiro atoms. The minimum absolute atomic E-state index is 0.652. The van der Waals surface area contributed by atoms with Crippen molar-refractivity contribution in [3.05, 3.63) is 0 Å². The Hall–Kier alpha value is 0.0569. The molecule has 0 rings (SSSR count). The monoisotopic (exact) mass is 250 g/mol. The van der Waals surface area contributed by atoms with Crippen LogP contribution in [0.4, 0.5) is 0 Å². The Bertz CT molecular complexity index is 147. The lowest BCUT2D eigenvalue weighted by molar-refractivity contribution is -0.375. The molecule has 0 radical (unpaired) electrons. The Balaban J connectivity index is 4.16. The Morgan fingerprint density at radius 2 is 1.56 bits per heavy atom. The average molecular weight is 250 g/mol. The van der Waals surface area contributed by atoms with Crippen molar-refractivity contribution in [3.63, 3.8) is 0 Å². The van der Waals surface area contributed by atoms with E-state index < -0.39 is 5.97 Å². The second kappa shape index (κ2) is 10.2. The standard InChI is InChI=1S/C11H26O4Si/c1-4-8-13-11(12-3,14-9-5-2)7-6-10-15-16/h4-10H2,1-3,16H3. The molecular weight excluding hydrogens is 224 g/mol. The van der Waals surface area contributed by atoms with Gasteiger partial charge in [-0.1, -0.05) is 13.8 Å². The van der Waals surface area contributed by atoms with Crippen LogP contribution in [0.5, 0.6) is 0 Å². The molecule has 0 aromatic rings. The van der Waals surface area contributed by atoms with Crippen LogP contribution in [0.25, 0.3) is 0 Å². The first-order valence-electron chi connectivity index (χ1n) is 6.06. The number of methoxy groups -OCH3 is 1. The van der Waals surface area contributed by atoms with Crippen molar-refractivity contribution in [1.29, 1.82) is 0 Å². The van der Waals surface area contributed by atoms with Crippen molar-refractivity contribution < 1.29 is 18.6 Å². The van der Waals surface area contributed by atoms with E-state index in [1.165, 1.54) is 0 Å². The highest BCUT2D eigenvalue weighted by Crippen LogP contribution is 2.22. The molecule has 0 N–H and O–H groups in total. The van der Waals surface area contributed by atoms with Crippen LogP contribution in [0, 0.1) is 0 Å². The highest BCUT2D eigenvalue weighted by atomic mass is 28.2. The zero-order valence-electron chi connectivity index (χ0n) is 11.1. The third kappa shape index (κ3) is 6.60. The average Bonchev–Trinajstić information content (AvgIpc) is 2.32. The molecule has 0 aromatic heterocycles. The summed E-state index contributed by atoms with van der Waals surface area (Å²) in [6, 6.07) is 0. The molecule has 0 aromatic carbocycles. The fourth-order valence-corrected chi connectivity index (χ4v) is 1.64. The first-order valence-corrected chi connectivity index (χ1v) is 6.88. The van der Waals surface area contributed by atoms with Crippen molar-refractivity contribution in [1.82, 2.24) is 0 Å². The molecule has 0 aliphatic carbocycles. The maximum Gasteiger partial charge on any atom is 0.282 e. The summed E-state index contributed by atoms with van der Waals surface area (Å²) in [6.45, 7) is 6.20. The van der Waals surface area contributed by atoms with Gasteiger partial charge in [0.05, 0.1) is 13.2 Å². The van der Waals surface area contributed by atoms with Crippen molar-refractivity contribution >= 4 is 10.5 Å². The topological polar surface area (TPSA) is 36.9 Å². The lowest BCUT2D eigenvalue weighted by Gasteiger charge is -2.31. The molecule has 0 heterocycles. The maximum atomic E-state index is 5.69. The lowest BCUT2D eigenvalue weighted by Crippen LogP contribution is -2.39. The molecule has 0 unspecified atom stereocenters. The van der Waals surface area contributed by atoms with Gasteiger partial charge in [0.1, 0.15) is 10.5 Å². The molecule has 0 saturated carbocycles. The first-order chi connectivity index (χ1) is 7.74. The zero-order chi connectivity index (χ0) is 12.3. The lowest BCUT2D eigenvalue weighted by atomic mass is 10.3. The zero-order valence-corrected chi connectivity index (χ0v) is 13.1. The van der Waals surface area contributed by atoms with E-state index in [1.807, 2.05) is 0 Å². The quantitative estimate of drug-likeness (QED) is 0.314. The SMILES string of the molecule is CCCOC(CCCO[SiH3])(OC)OCCC. The van der Waals surface area contributed by atoms with Gasteiger partial charge in [-0.25, -0.2) is 0 Å². The van der Waals surface area contributed by atoms with E-state index in [9.17, 15) is 0 Å². The largest absolute Gasteiger partial charge is 0.428 e. The van der Waals surface area contributed by atoms with E-state index in [2.05, 4.69) is 13.8 Å². The van der Waals surface area contributed by atoms with E-state index in [-0.39, 0.29) is 0 Å². The van der Waals surface area contributed by atoms with Crippen LogP contribution in [0.2, 0.25) is 0 Å². The second-order valence-corrected chi connectivity index (χ2v) is 4.26. The van der Waals surface area contributed by atoms with E-state index in [1.54, 1.807) is 7.11 Å². The number of ether oxygens (including phenoxy) is 3. The van der Waals surface area contributed by atoms with Crippen LogP contribution in [0.3, 0.4) is 0 Å². The van der Waals surface area contributed by atoms with Crippen LogP contribution in [0.15, 0.2) is 0 Å². The number of hydrogen-bond donors (Lipinski definition) is 0. The van der Waals surface area contributed by atoms with Gasteiger partial charge in [0.25, 0.3) is 5.97 Å². The van der Waals surface area contributed by atoms with Gasteiger partial charge in [-0.15, -0.1) is 0 Å². The summed E-state index contributed by atoms with van der Waals surface area (Å²) in [5.74, 6) is -0.869. The summed E-state index contributed by atoms with van der Waals surface area (Å²) in [4.78, 5) is 0. The minimum atomic E-state index is -0.869. The molecule has 98 valence electrons. The highest BCUT2D eigenvalue weighted by molar-refractivity contribution is 5.97. The minimum Gasteiger partial charge on any atom is -0.428 e. The van der Waals surface area contributed by atoms with Crippen LogP contribution in [-0.2, 0) is 18.6 Å². The predicted molar refractivity (Wildman–Crippen MR) is 67.4 cm³/mol. The summed E-state index contributed by atoms with van der Waals surface area (Å²) in [5.41, 5.74) is 0. The number of rotatable bonds is 11. The summed E-state index contributed by atoms with van der Waals surface area (Å²) < 4.78 is 21.9. The van der Waals surface area contributed by atoms with Gasteiger partial charge < -0.3 is 18.6 Å². The number of hydrogen-bond acceptors (Lipinski definition) is 4. The van der Waals surface area contributed by atoms with Gasteiger partial charge >= 0.3 is 0 Å². The van der Waals surface area contributed by atoms with E-state index in [0.29, 0.717) is 19.6 Å². The second-order valence-electron chi connectivity index (χ2n) is 3.68. The molecule has 0 aliphatic heterocycles. The summed E-state index contributed by atoms with van der Waals surface area (Å²) >= 11 is 0. The maximum absolute atomic E-state index is 5.69. The van der Waals surface area contributed by atoms with E-state index in [0.717, 1.165) is 36.4 Å². The molecular formula is C11H26O4Si. The molecule has 5 heteroatoms. The van der Waals surface area contributed by atoms with Crippen LogP contribution in [0.1, 0.15) is 39.5 Å². The van der Waals surface area contributed by atoms with Crippen molar-refractivity contribution in [2.24, 2.45) is 0 Å². The van der Waals surface area contributed by atoms with Crippen molar-refractivity contribution in [3.8, 4) is 0 Å². The van der Waals surface area contributed by atoms with Gasteiger partial charge in [-0.2, -0.15) is 0 Å². The third-order valence-corrected chi connectivity index (χ3v) is 2.60. The molecule has 0 amide bonds. The summed E-state index contributed by atoms with van der Waals surface area (Å²) in [7, 11) is 2.41. The summed E-state index contributed by atoms with van der Waals surface area (Å²) in [6.07, 6.45) is 3.52. The molecule has 16 heavy (non-hydrogen) atoms. The normalized spacial score (nSPS) is 12.2. The first kappa shape index (κ1) is 16.1. The predicted octanol–water partition coefficient (Wildman–Crippen LogP) is 1.22. The highest BCUT2D eigenvalue weighted by Gasteiger charge is 2.31. The molecule has 0 fully saturated rings. The smallest absolute Gasteiger partial charge is 0.282 e. The van der Waals surface area contributed by atoms with Gasteiger partial charge in [0, 0.05) is 20.1 Å². The summed E-state index contributed by atoms with van der Waals surface area (Å²) in [5, 5.41) is 0. The molecule has 0 aliphatic rings. The van der Waals surface area contributed by atoms with Crippen molar-refractivity contribution in [2.45, 2.75) is 45.5 Å². The Morgan fingerprint density at radius 1 is 1.00 bits per heavy atom. The van der Waals surface area contributed by atoms with Crippen molar-refractivity contribution in [2.75, 3.05) is 26.9 Å². The van der Waals surface area contributed by atoms with Crippen LogP contribution in [-0.4, -0.2) is 43.4 Å². The van der Waals surface area contributed by atoms with Gasteiger partial charge in [-0.3, -0.25) is 0 Å². The molecule has 0 atom stereocenters. The molecule has 0 saturated heterocycles. The molecule has 0 bridgehead atoms. The molecule has 4 nitrogen and oxygen atoms in total. The van der Waals surface area contributed by atoms with E-state index >= 15 is 0 Å². The third-order valence-electron chi connectivity index (χ3n) is 2.19. The van der Waals surface area contributed by atoms with Gasteiger partial charge in [0.2, 0.25) is 0 Å². The fourth-order valence-electron chi connectivity index (χ4n) is 1.35. The van der Waals surface area contributed by atoms with Gasteiger partial charge in [0.15, 0.2) is 0 Å². The fraction of sp³-hybridized carbons (Fsp3) is 1.00. The van der Waals surface area contributed by atoms with E-state index in [4.69, 9.17) is 18.6 Å². The van der Waals surface area contributed by atoms with Crippen LogP contribution < -0.4 is 0 Å².